The first-order chi connectivity index (χ1) is 6.43. The van der Waals surface area contributed by atoms with E-state index < -0.39 is 6.43 Å². The maximum Gasteiger partial charge on any atom is 0.263 e. The van der Waals surface area contributed by atoms with Crippen molar-refractivity contribution >= 4 is 17.4 Å². The van der Waals surface area contributed by atoms with Crippen molar-refractivity contribution in [3.8, 4) is 0 Å². The van der Waals surface area contributed by atoms with Crippen molar-refractivity contribution in [2.24, 2.45) is 0 Å². The standard InChI is InChI=1S/C10H9ClF2O/c1-5-3-7(10(12)13)4-8(11)9(5)6(2)14/h3-4,10H,1-2H3. The van der Waals surface area contributed by atoms with E-state index in [-0.39, 0.29) is 16.4 Å². The van der Waals surface area contributed by atoms with Gasteiger partial charge in [-0.2, -0.15) is 0 Å². The molecule has 1 aromatic carbocycles. The monoisotopic (exact) mass is 218 g/mol. The lowest BCUT2D eigenvalue weighted by molar-refractivity contribution is 0.101. The molecule has 0 radical (unpaired) electrons. The Balaban J connectivity index is 3.32. The van der Waals surface area contributed by atoms with Gasteiger partial charge in [-0.25, -0.2) is 8.78 Å². The van der Waals surface area contributed by atoms with Crippen molar-refractivity contribution in [3.05, 3.63) is 33.8 Å². The molecule has 0 aliphatic rings. The average Bonchev–Trinajstić information content (AvgIpc) is 2.01. The van der Waals surface area contributed by atoms with Crippen LogP contribution in [-0.2, 0) is 0 Å². The molecule has 0 amide bonds. The van der Waals surface area contributed by atoms with Crippen LogP contribution in [0.25, 0.3) is 0 Å². The summed E-state index contributed by atoms with van der Waals surface area (Å²) in [6.45, 7) is 2.95. The molecule has 0 N–H and O–H groups in total. The minimum absolute atomic E-state index is 0.0906. The van der Waals surface area contributed by atoms with Gasteiger partial charge in [-0.3, -0.25) is 4.79 Å². The van der Waals surface area contributed by atoms with E-state index in [2.05, 4.69) is 0 Å². The molecule has 14 heavy (non-hydrogen) atoms. The van der Waals surface area contributed by atoms with Gasteiger partial charge in [0.05, 0.1) is 5.02 Å². The fraction of sp³-hybridized carbons (Fsp3) is 0.300. The maximum absolute atomic E-state index is 12.3. The van der Waals surface area contributed by atoms with Gasteiger partial charge in [-0.05, 0) is 31.5 Å². The Bertz CT molecular complexity index is 351. The minimum Gasteiger partial charge on any atom is -0.294 e. The molecule has 1 aromatic rings. The Morgan fingerprint density at radius 1 is 1.43 bits per heavy atom. The summed E-state index contributed by atoms with van der Waals surface area (Å²) >= 11 is 5.72. The zero-order chi connectivity index (χ0) is 10.9. The highest BCUT2D eigenvalue weighted by Crippen LogP contribution is 2.28. The van der Waals surface area contributed by atoms with Gasteiger partial charge in [0, 0.05) is 11.1 Å². The third-order valence-corrected chi connectivity index (χ3v) is 2.21. The molecule has 76 valence electrons. The van der Waals surface area contributed by atoms with Crippen LogP contribution in [0.1, 0.15) is 34.8 Å². The van der Waals surface area contributed by atoms with Crippen LogP contribution in [0, 0.1) is 6.92 Å². The van der Waals surface area contributed by atoms with Crippen molar-refractivity contribution < 1.29 is 13.6 Å². The second-order valence-corrected chi connectivity index (χ2v) is 3.46. The predicted octanol–water partition coefficient (Wildman–Crippen LogP) is 3.79. The molecule has 0 aromatic heterocycles. The Hall–Kier alpha value is -0.960. The molecule has 0 aliphatic heterocycles. The first-order valence-corrected chi connectivity index (χ1v) is 4.40. The van der Waals surface area contributed by atoms with E-state index in [9.17, 15) is 13.6 Å². The lowest BCUT2D eigenvalue weighted by Crippen LogP contribution is -1.99. The van der Waals surface area contributed by atoms with Gasteiger partial charge in [-0.15, -0.1) is 0 Å². The highest BCUT2D eigenvalue weighted by atomic mass is 35.5. The zero-order valence-electron chi connectivity index (χ0n) is 7.77. The second kappa shape index (κ2) is 4.05. The maximum atomic E-state index is 12.3. The van der Waals surface area contributed by atoms with Gasteiger partial charge in [0.15, 0.2) is 5.78 Å². The third kappa shape index (κ3) is 2.10. The number of halogens is 3. The van der Waals surface area contributed by atoms with E-state index in [1.54, 1.807) is 6.92 Å². The van der Waals surface area contributed by atoms with Crippen LogP contribution < -0.4 is 0 Å². The number of Topliss-reactive ketones (excluding diaryl/α,β-unsaturated/α-hetero) is 1. The summed E-state index contributed by atoms with van der Waals surface area (Å²) in [7, 11) is 0. The summed E-state index contributed by atoms with van der Waals surface area (Å²) in [5.41, 5.74) is 0.647. The molecule has 0 aliphatic carbocycles. The number of hydrogen-bond donors (Lipinski definition) is 0. The van der Waals surface area contributed by atoms with E-state index in [0.29, 0.717) is 11.1 Å². The first kappa shape index (κ1) is 11.1. The number of hydrogen-bond acceptors (Lipinski definition) is 1. The number of rotatable bonds is 2. The number of aryl methyl sites for hydroxylation is 1. The molecule has 0 saturated heterocycles. The SMILES string of the molecule is CC(=O)c1c(C)cc(C(F)F)cc1Cl. The quantitative estimate of drug-likeness (QED) is 0.691. The van der Waals surface area contributed by atoms with Gasteiger partial charge in [-0.1, -0.05) is 11.6 Å². The molecular formula is C10H9ClF2O. The summed E-state index contributed by atoms with van der Waals surface area (Å²) in [5.74, 6) is -0.215. The largest absolute Gasteiger partial charge is 0.294 e. The van der Waals surface area contributed by atoms with Crippen LogP contribution in [0.5, 0.6) is 0 Å². The summed E-state index contributed by atoms with van der Waals surface area (Å²) in [6, 6.07) is 2.42. The Kier molecular flexibility index (Phi) is 3.21. The zero-order valence-corrected chi connectivity index (χ0v) is 8.53. The smallest absolute Gasteiger partial charge is 0.263 e. The molecule has 1 rings (SSSR count). The summed E-state index contributed by atoms with van der Waals surface area (Å²) < 4.78 is 24.6. The number of benzene rings is 1. The van der Waals surface area contributed by atoms with Crippen molar-refractivity contribution in [2.75, 3.05) is 0 Å². The minimum atomic E-state index is -2.56. The van der Waals surface area contributed by atoms with Crippen LogP contribution in [0.15, 0.2) is 12.1 Å². The molecule has 0 bridgehead atoms. The molecular weight excluding hydrogens is 210 g/mol. The summed E-state index contributed by atoms with van der Waals surface area (Å²) in [6.07, 6.45) is -2.56. The molecule has 0 heterocycles. The van der Waals surface area contributed by atoms with E-state index in [1.807, 2.05) is 0 Å². The molecule has 4 heteroatoms. The second-order valence-electron chi connectivity index (χ2n) is 3.05. The normalized spacial score (nSPS) is 10.7. The highest BCUT2D eigenvalue weighted by Gasteiger charge is 2.14. The Labute approximate surface area is 85.7 Å². The molecule has 1 nitrogen and oxygen atoms in total. The molecule has 0 fully saturated rings. The molecule has 0 spiro atoms. The van der Waals surface area contributed by atoms with E-state index in [0.717, 1.165) is 6.07 Å². The Morgan fingerprint density at radius 2 is 2.00 bits per heavy atom. The van der Waals surface area contributed by atoms with Gasteiger partial charge in [0.1, 0.15) is 0 Å². The fourth-order valence-electron chi connectivity index (χ4n) is 1.34. The van der Waals surface area contributed by atoms with E-state index in [4.69, 9.17) is 11.6 Å². The highest BCUT2D eigenvalue weighted by molar-refractivity contribution is 6.34. The van der Waals surface area contributed by atoms with Crippen LogP contribution in [0.2, 0.25) is 5.02 Å². The van der Waals surface area contributed by atoms with Crippen molar-refractivity contribution in [1.29, 1.82) is 0 Å². The lowest BCUT2D eigenvalue weighted by Gasteiger charge is -2.07. The number of carbonyl (C=O) groups excluding carboxylic acids is 1. The van der Waals surface area contributed by atoms with Crippen molar-refractivity contribution in [1.82, 2.24) is 0 Å². The molecule has 0 unspecified atom stereocenters. The first-order valence-electron chi connectivity index (χ1n) is 4.02. The number of ketones is 1. The molecule has 0 saturated carbocycles. The third-order valence-electron chi connectivity index (χ3n) is 1.91. The predicted molar refractivity (Wildman–Crippen MR) is 51.2 cm³/mol. The van der Waals surface area contributed by atoms with Crippen LogP contribution in [-0.4, -0.2) is 5.78 Å². The van der Waals surface area contributed by atoms with Gasteiger partial charge in [0.25, 0.3) is 6.43 Å². The van der Waals surface area contributed by atoms with Gasteiger partial charge < -0.3 is 0 Å². The van der Waals surface area contributed by atoms with Crippen LogP contribution in [0.3, 0.4) is 0 Å². The number of alkyl halides is 2. The summed E-state index contributed by atoms with van der Waals surface area (Å²) in [4.78, 5) is 11.1. The Morgan fingerprint density at radius 3 is 2.36 bits per heavy atom. The topological polar surface area (TPSA) is 17.1 Å². The lowest BCUT2D eigenvalue weighted by atomic mass is 10.0. The average molecular weight is 219 g/mol. The number of carbonyl (C=O) groups is 1. The van der Waals surface area contributed by atoms with E-state index >= 15 is 0 Å². The summed E-state index contributed by atoms with van der Waals surface area (Å²) in [5, 5.41) is 0.0906. The van der Waals surface area contributed by atoms with Crippen LogP contribution in [0.4, 0.5) is 8.78 Å². The molecule has 0 atom stereocenters. The van der Waals surface area contributed by atoms with Crippen LogP contribution >= 0.6 is 11.6 Å². The fourth-order valence-corrected chi connectivity index (χ4v) is 1.75. The van der Waals surface area contributed by atoms with E-state index in [1.165, 1.54) is 13.0 Å². The van der Waals surface area contributed by atoms with Gasteiger partial charge >= 0.3 is 0 Å². The van der Waals surface area contributed by atoms with Crippen molar-refractivity contribution in [3.63, 3.8) is 0 Å². The van der Waals surface area contributed by atoms with Crippen molar-refractivity contribution in [2.45, 2.75) is 20.3 Å². The van der Waals surface area contributed by atoms with Gasteiger partial charge in [0.2, 0.25) is 0 Å².